The second-order valence-corrected chi connectivity index (χ2v) is 23.1. The summed E-state index contributed by atoms with van der Waals surface area (Å²) in [5.41, 5.74) is -4.45. The molecule has 1 aromatic carbocycles. The Bertz CT molecular complexity index is 2410. The lowest BCUT2D eigenvalue weighted by molar-refractivity contribution is -0.571. The Morgan fingerprint density at radius 3 is 1.97 bits per heavy atom. The Labute approximate surface area is 421 Å². The van der Waals surface area contributed by atoms with Crippen molar-refractivity contribution in [2.45, 2.75) is 191 Å². The zero-order valence-electron chi connectivity index (χ0n) is 42.7. The molecule has 0 radical (unpaired) electrons. The van der Waals surface area contributed by atoms with E-state index in [0.717, 1.165) is 70.3 Å². The number of carbonyl (C=O) groups excluding carboxylic acids is 1. The van der Waals surface area contributed by atoms with Crippen molar-refractivity contribution in [3.63, 3.8) is 0 Å². The number of hydrogen-bond acceptors (Lipinski definition) is 14. The lowest BCUT2D eigenvalue weighted by atomic mass is 9.56. The second-order valence-electron chi connectivity index (χ2n) is 23.1. The molecule has 2 saturated carbocycles. The molecule has 15 nitrogen and oxygen atoms in total. The SMILES string of the molecule is C[C@H]1[C@@H](/C(C[C@H]2O[C@@H]3OC4(C)CC[C@H]5[C@H](C)CC[C@@H]([C@H]2C)[C@@]35OO4)=N\OC(=O)N(C)C)O[C@@H]2OC3(C)CC[C@H]4[C@H](C)CC[C@@H]1[C@@]24OO3.O[C@@H](c1cc(C(F)(F)F)nc2c(C(F)(F)F)cccc12)[C@H]1CCCCN1. The first-order valence-electron chi connectivity index (χ1n) is 26.2. The highest BCUT2D eigenvalue weighted by Gasteiger charge is 2.72. The number of halogens is 6. The molecule has 2 aliphatic carbocycles. The molecule has 73 heavy (non-hydrogen) atoms. The van der Waals surface area contributed by atoms with Gasteiger partial charge in [-0.25, -0.2) is 29.3 Å². The molecular formula is C52H70F6N4O11. The van der Waals surface area contributed by atoms with Crippen LogP contribution in [0.4, 0.5) is 31.1 Å². The van der Waals surface area contributed by atoms with E-state index in [1.807, 2.05) is 13.8 Å². The first kappa shape index (κ1) is 53.2. The van der Waals surface area contributed by atoms with Gasteiger partial charge < -0.3 is 34.3 Å². The van der Waals surface area contributed by atoms with Gasteiger partial charge in [0.05, 0.1) is 29.0 Å². The van der Waals surface area contributed by atoms with Gasteiger partial charge in [0.2, 0.25) is 11.6 Å². The molecule has 406 valence electrons. The predicted octanol–water partition coefficient (Wildman–Crippen LogP) is 10.4. The van der Waals surface area contributed by atoms with Gasteiger partial charge in [-0.05, 0) is 125 Å². The summed E-state index contributed by atoms with van der Waals surface area (Å²) in [7, 11) is 3.29. The summed E-state index contributed by atoms with van der Waals surface area (Å²) in [5, 5.41) is 18.0. The van der Waals surface area contributed by atoms with Crippen LogP contribution in [0.3, 0.4) is 0 Å². The van der Waals surface area contributed by atoms with Crippen LogP contribution < -0.4 is 5.32 Å². The number of para-hydroxylation sites is 1. The number of rotatable bonds is 6. The highest BCUT2D eigenvalue weighted by atomic mass is 19.4. The zero-order chi connectivity index (χ0) is 52.2. The van der Waals surface area contributed by atoms with Crippen molar-refractivity contribution in [3.8, 4) is 0 Å². The maximum atomic E-state index is 13.2. The Hall–Kier alpha value is -3.25. The number of hydrogen-bond donors (Lipinski definition) is 2. The molecule has 1 aromatic heterocycles. The molecule has 21 heteroatoms. The van der Waals surface area contributed by atoms with E-state index in [1.165, 1.54) is 11.0 Å². The minimum Gasteiger partial charge on any atom is -0.387 e. The summed E-state index contributed by atoms with van der Waals surface area (Å²) >= 11 is 0. The van der Waals surface area contributed by atoms with Gasteiger partial charge in [0.1, 0.15) is 11.8 Å². The molecule has 2 aromatic rings. The monoisotopic (exact) mass is 1040 g/mol. The van der Waals surface area contributed by atoms with Crippen LogP contribution >= 0.6 is 0 Å². The molecule has 9 aliphatic heterocycles. The first-order chi connectivity index (χ1) is 34.4. The Balaban J connectivity index is 0.000000199. The van der Waals surface area contributed by atoms with Crippen LogP contribution in [0.1, 0.15) is 142 Å². The number of nitrogens with one attached hydrogen (secondary N) is 1. The Morgan fingerprint density at radius 1 is 0.808 bits per heavy atom. The number of fused-ring (bicyclic) bond motifs is 5. The number of ether oxygens (including phenoxy) is 4. The van der Waals surface area contributed by atoms with E-state index in [-0.39, 0.29) is 52.6 Å². The summed E-state index contributed by atoms with van der Waals surface area (Å²) in [6.07, 6.45) is -3.54. The number of aliphatic hydroxyl groups excluding tert-OH is 1. The summed E-state index contributed by atoms with van der Waals surface area (Å²) in [4.78, 5) is 47.7. The minimum absolute atomic E-state index is 0.0151. The molecule has 10 heterocycles. The highest BCUT2D eigenvalue weighted by molar-refractivity contribution is 5.90. The second kappa shape index (κ2) is 19.3. The van der Waals surface area contributed by atoms with Gasteiger partial charge in [-0.2, -0.15) is 26.3 Å². The standard InChI is InChI=1S/C35H54N2O10.C17H16F6N2O/c1-18-9-11-24-20(3)27(39-29-34(24)22(18)13-15-32(5,41-29)44-46-34)17-26(36-43-31(38)37(7)8)28-21(4)25-12-10-19(2)23-14-16-33(6)42-30(40-28)35(23,25)47-45-33;18-16(19,20)11-5-3-4-9-10(15(26)12-6-1-2-7-24-12)8-13(17(21,22)23)25-14(9)11/h18-25,27-30H,9-17H2,1-8H3;3-5,8,12,15,24,26H,1-2,6-7H2/b36-26-;/t18-,19-,20-,21-,22+,23+,24+,25+,27-,28+,29-,30-,32?,33?,34-,35-;12-,15+/m11/s1. The smallest absolute Gasteiger partial charge is 0.387 e. The normalized spacial score (nSPS) is 42.6. The quantitative estimate of drug-likeness (QED) is 0.0926. The van der Waals surface area contributed by atoms with Gasteiger partial charge in [0.25, 0.3) is 0 Å². The number of aliphatic hydroxyl groups is 1. The van der Waals surface area contributed by atoms with E-state index in [0.29, 0.717) is 49.1 Å². The Morgan fingerprint density at radius 2 is 1.41 bits per heavy atom. The first-order valence-corrected chi connectivity index (χ1v) is 26.2. The van der Waals surface area contributed by atoms with E-state index in [2.05, 4.69) is 43.2 Å². The van der Waals surface area contributed by atoms with Gasteiger partial charge >= 0.3 is 18.4 Å². The van der Waals surface area contributed by atoms with Crippen molar-refractivity contribution < 1.29 is 79.6 Å². The molecule has 11 fully saturated rings. The number of amides is 1. The number of piperidine rings is 1. The van der Waals surface area contributed by atoms with Gasteiger partial charge in [-0.15, -0.1) is 0 Å². The van der Waals surface area contributed by atoms with Crippen LogP contribution in [0.2, 0.25) is 0 Å². The van der Waals surface area contributed by atoms with Crippen molar-refractivity contribution >= 4 is 22.7 Å². The molecule has 2 unspecified atom stereocenters. The van der Waals surface area contributed by atoms with Crippen molar-refractivity contribution in [3.05, 3.63) is 41.1 Å². The third-order valence-corrected chi connectivity index (χ3v) is 18.3. The summed E-state index contributed by atoms with van der Waals surface area (Å²) in [6, 6.07) is 3.16. The number of aromatic nitrogens is 1. The predicted molar refractivity (Wildman–Crippen MR) is 248 cm³/mol. The number of oxime groups is 1. The summed E-state index contributed by atoms with van der Waals surface area (Å²) < 4.78 is 107. The molecule has 4 bridgehead atoms. The van der Waals surface area contributed by atoms with Crippen molar-refractivity contribution in [2.24, 2.45) is 52.5 Å². The minimum atomic E-state index is -4.93. The molecular weight excluding hydrogens is 971 g/mol. The number of nitrogens with zero attached hydrogens (tertiary/aromatic N) is 3. The molecule has 2 spiro atoms. The van der Waals surface area contributed by atoms with Crippen LogP contribution in [-0.4, -0.2) is 101 Å². The van der Waals surface area contributed by atoms with Crippen LogP contribution in [-0.2, 0) is 55.7 Å². The van der Waals surface area contributed by atoms with Crippen LogP contribution in [0.25, 0.3) is 10.9 Å². The van der Waals surface area contributed by atoms with Crippen LogP contribution in [0, 0.1) is 47.3 Å². The molecule has 1 amide bonds. The van der Waals surface area contributed by atoms with Crippen molar-refractivity contribution in [1.82, 2.24) is 15.2 Å². The number of alkyl halides is 6. The molecule has 9 saturated heterocycles. The van der Waals surface area contributed by atoms with Gasteiger partial charge in [0.15, 0.2) is 23.8 Å². The average Bonchev–Trinajstić information content (AvgIpc) is 3.73. The summed E-state index contributed by atoms with van der Waals surface area (Å²) in [5.74, 6) is 0.0490. The zero-order valence-corrected chi connectivity index (χ0v) is 42.7. The number of pyridine rings is 1. The largest absolute Gasteiger partial charge is 0.435 e. The van der Waals surface area contributed by atoms with E-state index < -0.39 is 88.8 Å². The highest BCUT2D eigenvalue weighted by Crippen LogP contribution is 2.63. The molecule has 13 rings (SSSR count). The lowest BCUT2D eigenvalue weighted by Crippen LogP contribution is -2.71. The fourth-order valence-corrected chi connectivity index (χ4v) is 14.3. The van der Waals surface area contributed by atoms with Crippen LogP contribution in [0.15, 0.2) is 29.4 Å². The van der Waals surface area contributed by atoms with Crippen LogP contribution in [0.5, 0.6) is 0 Å². The fourth-order valence-electron chi connectivity index (χ4n) is 14.3. The lowest BCUT2D eigenvalue weighted by Gasteiger charge is -2.61. The molecule has 11 aliphatic rings. The third-order valence-electron chi connectivity index (χ3n) is 18.3. The summed E-state index contributed by atoms with van der Waals surface area (Å²) in [6.45, 7) is 13.5. The number of carbonyl (C=O) groups is 1. The average molecular weight is 1040 g/mol. The Kier molecular flexibility index (Phi) is 14.1. The third kappa shape index (κ3) is 9.27. The maximum absolute atomic E-state index is 13.2. The van der Waals surface area contributed by atoms with Gasteiger partial charge in [0, 0.05) is 56.6 Å². The molecule has 18 atom stereocenters. The van der Waals surface area contributed by atoms with Crippen molar-refractivity contribution in [1.29, 1.82) is 0 Å². The number of benzene rings is 1. The fraction of sp³-hybridized carbons (Fsp3) is 0.788. The van der Waals surface area contributed by atoms with E-state index in [4.69, 9.17) is 43.3 Å². The molecule has 2 N–H and O–H groups in total. The van der Waals surface area contributed by atoms with E-state index in [1.54, 1.807) is 14.1 Å². The topological polar surface area (TPSA) is 161 Å². The van der Waals surface area contributed by atoms with Gasteiger partial charge in [-0.3, -0.25) is 4.84 Å². The van der Waals surface area contributed by atoms with E-state index >= 15 is 0 Å². The van der Waals surface area contributed by atoms with Crippen molar-refractivity contribution in [2.75, 3.05) is 20.6 Å². The van der Waals surface area contributed by atoms with E-state index in [9.17, 15) is 36.2 Å². The van der Waals surface area contributed by atoms with Gasteiger partial charge in [-0.1, -0.05) is 51.4 Å². The maximum Gasteiger partial charge on any atom is 0.435 e.